The number of carbonyl (C=O) groups is 18. The van der Waals surface area contributed by atoms with Crippen molar-refractivity contribution < 1.29 is 143 Å². The number of primary amides is 4. The lowest BCUT2D eigenvalue weighted by Crippen LogP contribution is -2.49. The molecule has 48 nitrogen and oxygen atoms in total. The van der Waals surface area contributed by atoms with Gasteiger partial charge >= 0.3 is 0 Å². The molecule has 3 atom stereocenters. The summed E-state index contributed by atoms with van der Waals surface area (Å²) < 4.78 is 66.3. The first kappa shape index (κ1) is 128. The van der Waals surface area contributed by atoms with Crippen molar-refractivity contribution in [3.05, 3.63) is 0 Å². The molecule has 0 aliphatic carbocycles. The van der Waals surface area contributed by atoms with Crippen molar-refractivity contribution in [1.82, 2.24) is 74.4 Å². The highest BCUT2D eigenvalue weighted by Crippen LogP contribution is 2.10. The number of hydrogen-bond donors (Lipinski definition) is 18. The largest absolute Gasteiger partial charge is 0.379 e. The van der Waals surface area contributed by atoms with Crippen molar-refractivity contribution >= 4 is 106 Å². The molecule has 0 saturated heterocycles. The Morgan fingerprint density at radius 2 is 0.333 bits per heavy atom. The fraction of sp³-hybridized carbons (Fsp3) is 0.800. The predicted octanol–water partition coefficient (Wildman–Crippen LogP) is -3.25. The summed E-state index contributed by atoms with van der Waals surface area (Å²) in [5, 5.41) is 38.8. The number of unbranched alkanes of at least 4 members (excludes halogenated alkanes) is 3. The quantitative estimate of drug-likeness (QED) is 0.0266. The maximum Gasteiger partial charge on any atom is 0.242 e. The standard InChI is InChI=1S/C90H164N18O30/c1-70(106-90(126)72(108-88(124)34-32-86(122)104-45-15-53-134-61-69-138-65-57-130-49-11-41-100-80(116)26-22-76(94)112)18-4-7-36-96-82(118)28-30-84(120)102-43-13-51-132-59-67-136-63-55-128-47-9-39-98-78(114)24-20-74(92)110)16-2-5-37-105-89(125)71(107-87(123)33-31-85(121)103-44-14-52-133-60-68-137-64-56-129-48-10-40-99-79(115)25-21-75(93)111)17-3-6-35-95-81(117)27-29-83(119)101-42-12-50-131-58-66-135-62-54-127-46-8-38-97-77(113)23-19-73(91)109/h70-72H,2-69H2,1H3,(H2,91,109)(H2,92,110)(H2,93,111)(H2,94,112)(H,95,117)(H,96,118)(H,97,113)(H,98,114)(H,99,115)(H,100,116)(H,101,119)(H,102,120)(H,103,121)(H,104,122)(H,105,125)(H,106,126)(H,107,123)(H,108,124). The molecule has 0 bridgehead atoms. The maximum absolute atomic E-state index is 14.0. The minimum absolute atomic E-state index is 0.00281. The van der Waals surface area contributed by atoms with Crippen LogP contribution in [-0.2, 0) is 143 Å². The molecule has 0 spiro atoms. The number of nitrogens with one attached hydrogen (secondary N) is 14. The van der Waals surface area contributed by atoms with Crippen molar-refractivity contribution in [2.45, 2.75) is 237 Å². The first-order valence-electron chi connectivity index (χ1n) is 48.5. The molecule has 0 radical (unpaired) electrons. The molecule has 0 saturated carbocycles. The maximum atomic E-state index is 14.0. The van der Waals surface area contributed by atoms with Crippen LogP contribution in [0.3, 0.4) is 0 Å². The zero-order valence-electron chi connectivity index (χ0n) is 81.4. The summed E-state index contributed by atoms with van der Waals surface area (Å²) in [6, 6.07) is -2.44. The van der Waals surface area contributed by atoms with Gasteiger partial charge in [-0.25, -0.2) is 0 Å². The SMILES string of the molecule is CC(CCCCNC(=O)C(CCCCNC(=O)CCC(=O)NCCCOCCOCCOCCCNC(=O)CCC(N)=O)NC(=O)CCC(=O)NCCCOCCOCCOCCCNC(=O)CCC(N)=O)NC(=O)C(CCCCNC(=O)CCC(=O)NCCCOCCOCCOCCCNC(=O)CCC(N)=O)NC(=O)CCC(=O)NCCCOCCOCCOCCCNC(=O)CCC(N)=O. The highest BCUT2D eigenvalue weighted by Gasteiger charge is 2.25. The Bertz CT molecular complexity index is 3360. The Balaban J connectivity index is 5.47. The number of amides is 18. The van der Waals surface area contributed by atoms with Gasteiger partial charge in [0.1, 0.15) is 12.1 Å². The second kappa shape index (κ2) is 93.3. The minimum Gasteiger partial charge on any atom is -0.379 e. The summed E-state index contributed by atoms with van der Waals surface area (Å²) in [7, 11) is 0. The summed E-state index contributed by atoms with van der Waals surface area (Å²) in [5.74, 6) is -7.28. The van der Waals surface area contributed by atoms with Crippen molar-refractivity contribution in [3.63, 3.8) is 0 Å². The topological polar surface area (TPSA) is 691 Å². The number of carbonyl (C=O) groups excluding carboxylic acids is 18. The third-order valence-electron chi connectivity index (χ3n) is 19.5. The Kier molecular flexibility index (Phi) is 86.5. The molecule has 0 rings (SSSR count). The highest BCUT2D eigenvalue weighted by atomic mass is 16.6. The zero-order valence-corrected chi connectivity index (χ0v) is 81.4. The van der Waals surface area contributed by atoms with Gasteiger partial charge in [0.2, 0.25) is 106 Å². The van der Waals surface area contributed by atoms with E-state index in [0.29, 0.717) is 294 Å². The van der Waals surface area contributed by atoms with Crippen LogP contribution in [0.25, 0.3) is 0 Å². The van der Waals surface area contributed by atoms with E-state index in [-0.39, 0.29) is 207 Å². The fourth-order valence-corrected chi connectivity index (χ4v) is 11.9. The van der Waals surface area contributed by atoms with E-state index in [2.05, 4.69) is 74.4 Å². The van der Waals surface area contributed by atoms with Crippen molar-refractivity contribution in [1.29, 1.82) is 0 Å². The van der Waals surface area contributed by atoms with Gasteiger partial charge in [0.05, 0.1) is 106 Å². The molecule has 0 aliphatic heterocycles. The van der Waals surface area contributed by atoms with Crippen LogP contribution in [0, 0.1) is 0 Å². The van der Waals surface area contributed by atoms with Gasteiger partial charge in [-0.15, -0.1) is 0 Å². The summed E-state index contributed by atoms with van der Waals surface area (Å²) >= 11 is 0. The third kappa shape index (κ3) is 92.3. The Morgan fingerprint density at radius 3 is 0.536 bits per heavy atom. The van der Waals surface area contributed by atoms with E-state index >= 15 is 0 Å². The summed E-state index contributed by atoms with van der Waals surface area (Å²) in [5.41, 5.74) is 20.2. The van der Waals surface area contributed by atoms with E-state index in [1.54, 1.807) is 6.92 Å². The Hall–Kier alpha value is -10.0. The van der Waals surface area contributed by atoms with Crippen LogP contribution in [0.15, 0.2) is 0 Å². The Labute approximate surface area is 811 Å². The van der Waals surface area contributed by atoms with E-state index in [9.17, 15) is 86.3 Å². The van der Waals surface area contributed by atoms with Crippen LogP contribution in [0.1, 0.15) is 219 Å². The molecule has 0 fully saturated rings. The monoisotopic (exact) mass is 1980 g/mol. The fourth-order valence-electron chi connectivity index (χ4n) is 11.9. The summed E-state index contributed by atoms with van der Waals surface area (Å²) in [4.78, 5) is 221. The molecule has 794 valence electrons. The van der Waals surface area contributed by atoms with Crippen LogP contribution in [0.5, 0.6) is 0 Å². The molecule has 0 heterocycles. The van der Waals surface area contributed by atoms with E-state index in [1.165, 1.54) is 0 Å². The molecule has 22 N–H and O–H groups in total. The van der Waals surface area contributed by atoms with Gasteiger partial charge in [-0.05, 0) is 116 Å². The Morgan fingerprint density at radius 1 is 0.174 bits per heavy atom. The lowest BCUT2D eigenvalue weighted by atomic mass is 10.1. The molecule has 0 aliphatic rings. The van der Waals surface area contributed by atoms with Gasteiger partial charge in [-0.1, -0.05) is 0 Å². The van der Waals surface area contributed by atoms with Crippen LogP contribution in [-0.4, -0.2) is 355 Å². The van der Waals surface area contributed by atoms with Crippen molar-refractivity contribution in [2.75, 3.05) is 231 Å². The molecule has 138 heavy (non-hydrogen) atoms. The summed E-state index contributed by atoms with van der Waals surface area (Å²) in [6.07, 6.45) is 6.97. The lowest BCUT2D eigenvalue weighted by Gasteiger charge is -2.22. The molecular weight excluding hydrogens is 1810 g/mol. The normalized spacial score (nSPS) is 11.6. The highest BCUT2D eigenvalue weighted by molar-refractivity contribution is 5.91. The first-order chi connectivity index (χ1) is 66.6. The van der Waals surface area contributed by atoms with Crippen LogP contribution in [0.2, 0.25) is 0 Å². The van der Waals surface area contributed by atoms with Crippen molar-refractivity contribution in [3.8, 4) is 0 Å². The van der Waals surface area contributed by atoms with Gasteiger partial charge in [-0.3, -0.25) is 86.3 Å². The van der Waals surface area contributed by atoms with Gasteiger partial charge in [0, 0.05) is 234 Å². The minimum atomic E-state index is -1.02. The first-order valence-corrected chi connectivity index (χ1v) is 48.5. The summed E-state index contributed by atoms with van der Waals surface area (Å²) in [6.45, 7) is 13.8. The van der Waals surface area contributed by atoms with E-state index in [4.69, 9.17) is 79.8 Å². The van der Waals surface area contributed by atoms with Gasteiger partial charge < -0.3 is 154 Å². The molecule has 0 aromatic heterocycles. The van der Waals surface area contributed by atoms with E-state index in [1.807, 2.05) is 0 Å². The lowest BCUT2D eigenvalue weighted by molar-refractivity contribution is -0.130. The third-order valence-corrected chi connectivity index (χ3v) is 19.5. The smallest absolute Gasteiger partial charge is 0.242 e. The van der Waals surface area contributed by atoms with E-state index in [0.717, 1.165) is 0 Å². The van der Waals surface area contributed by atoms with Gasteiger partial charge in [0.25, 0.3) is 0 Å². The van der Waals surface area contributed by atoms with Crippen LogP contribution in [0.4, 0.5) is 0 Å². The molecule has 0 aromatic rings. The molecular formula is C90H164N18O30. The molecule has 0 aromatic carbocycles. The van der Waals surface area contributed by atoms with Gasteiger partial charge in [0.15, 0.2) is 0 Å². The average Bonchev–Trinajstić information content (AvgIpc) is 0.909. The van der Waals surface area contributed by atoms with Crippen LogP contribution < -0.4 is 97.4 Å². The second-order valence-electron chi connectivity index (χ2n) is 32.0. The zero-order chi connectivity index (χ0) is 102. The predicted molar refractivity (Wildman–Crippen MR) is 504 cm³/mol. The number of ether oxygens (including phenoxy) is 12. The molecule has 18 amide bonds. The number of hydrogen-bond acceptors (Lipinski definition) is 30. The van der Waals surface area contributed by atoms with Gasteiger partial charge in [-0.2, -0.15) is 0 Å². The molecule has 48 heteroatoms. The average molecular weight is 1980 g/mol. The molecule has 3 unspecified atom stereocenters. The number of rotatable bonds is 100. The van der Waals surface area contributed by atoms with Crippen molar-refractivity contribution in [2.24, 2.45) is 22.9 Å². The number of nitrogens with two attached hydrogens (primary N) is 4. The second-order valence-corrected chi connectivity index (χ2v) is 32.0. The van der Waals surface area contributed by atoms with Crippen LogP contribution >= 0.6 is 0 Å². The van der Waals surface area contributed by atoms with E-state index < -0.39 is 65.4 Å².